The summed E-state index contributed by atoms with van der Waals surface area (Å²) in [5.41, 5.74) is 1.10. The van der Waals surface area contributed by atoms with Crippen LogP contribution in [0.5, 0.6) is 5.75 Å². The first kappa shape index (κ1) is 27.1. The lowest BCUT2D eigenvalue weighted by atomic mass is 9.87. The molecule has 2 saturated heterocycles. The van der Waals surface area contributed by atoms with Crippen molar-refractivity contribution in [3.8, 4) is 5.75 Å². The van der Waals surface area contributed by atoms with Gasteiger partial charge >= 0.3 is 0 Å². The molecular weight excluding hydrogens is 494 g/mol. The Bertz CT molecular complexity index is 1170. The summed E-state index contributed by atoms with van der Waals surface area (Å²) in [6, 6.07) is 19.4. The SMILES string of the molecule is CN(Cc1ccc(OCCN2CCN(C(=O)C3CCOC(C)(C)C3)CC2)cc1)Cc1cc2ccccc2s1. The number of hydrogen-bond donors (Lipinski definition) is 0. The van der Waals surface area contributed by atoms with Crippen molar-refractivity contribution in [2.45, 2.75) is 45.4 Å². The van der Waals surface area contributed by atoms with Crippen LogP contribution in [0.2, 0.25) is 0 Å². The van der Waals surface area contributed by atoms with Crippen molar-refractivity contribution in [2.24, 2.45) is 5.92 Å². The van der Waals surface area contributed by atoms with Gasteiger partial charge in [0.15, 0.2) is 0 Å². The van der Waals surface area contributed by atoms with Crippen LogP contribution >= 0.6 is 11.3 Å². The first-order chi connectivity index (χ1) is 18.3. The number of hydrogen-bond acceptors (Lipinski definition) is 6. The van der Waals surface area contributed by atoms with E-state index in [1.807, 2.05) is 11.3 Å². The van der Waals surface area contributed by atoms with Gasteiger partial charge in [0.05, 0.1) is 5.60 Å². The summed E-state index contributed by atoms with van der Waals surface area (Å²) in [4.78, 5) is 21.2. The molecular formula is C31H41N3O3S. The molecule has 0 saturated carbocycles. The topological polar surface area (TPSA) is 45.2 Å². The maximum absolute atomic E-state index is 13.0. The fraction of sp³-hybridized carbons (Fsp3) is 0.516. The maximum Gasteiger partial charge on any atom is 0.225 e. The van der Waals surface area contributed by atoms with Gasteiger partial charge in [0, 0.05) is 67.9 Å². The Morgan fingerprint density at radius 3 is 2.58 bits per heavy atom. The van der Waals surface area contributed by atoms with Gasteiger partial charge in [-0.1, -0.05) is 30.3 Å². The van der Waals surface area contributed by atoms with E-state index < -0.39 is 0 Å². The molecule has 204 valence electrons. The molecule has 7 heteroatoms. The predicted octanol–water partition coefficient (Wildman–Crippen LogP) is 5.26. The van der Waals surface area contributed by atoms with Crippen LogP contribution in [-0.4, -0.2) is 79.2 Å². The van der Waals surface area contributed by atoms with Crippen molar-refractivity contribution in [1.82, 2.24) is 14.7 Å². The van der Waals surface area contributed by atoms with Gasteiger partial charge in [-0.05, 0) is 69.0 Å². The second-order valence-corrected chi connectivity index (χ2v) is 12.5. The van der Waals surface area contributed by atoms with Gasteiger partial charge in [-0.15, -0.1) is 11.3 Å². The van der Waals surface area contributed by atoms with E-state index in [0.717, 1.165) is 64.4 Å². The lowest BCUT2D eigenvalue weighted by molar-refractivity contribution is -0.147. The minimum Gasteiger partial charge on any atom is -0.492 e. The van der Waals surface area contributed by atoms with E-state index in [4.69, 9.17) is 9.47 Å². The van der Waals surface area contributed by atoms with E-state index in [1.165, 1.54) is 20.5 Å². The molecule has 0 bridgehead atoms. The molecule has 0 aliphatic carbocycles. The number of amides is 1. The van der Waals surface area contributed by atoms with E-state index in [1.54, 1.807) is 0 Å². The van der Waals surface area contributed by atoms with Gasteiger partial charge in [0.1, 0.15) is 12.4 Å². The maximum atomic E-state index is 13.0. The van der Waals surface area contributed by atoms with Crippen molar-refractivity contribution in [3.05, 3.63) is 65.0 Å². The van der Waals surface area contributed by atoms with Crippen LogP contribution in [0.1, 0.15) is 37.1 Å². The number of rotatable bonds is 9. The minimum absolute atomic E-state index is 0.104. The standard InChI is InChI=1S/C31H41N3O3S/c1-31(2)21-26(12-18-37-31)30(35)34-15-13-33(14-16-34)17-19-36-27-10-8-24(9-11-27)22-32(3)23-28-20-25-6-4-5-7-29(25)38-28/h4-11,20,26H,12-19,21-23H2,1-3H3. The largest absolute Gasteiger partial charge is 0.492 e. The number of carbonyl (C=O) groups is 1. The molecule has 3 heterocycles. The van der Waals surface area contributed by atoms with E-state index in [9.17, 15) is 4.79 Å². The Balaban J connectivity index is 1.00. The van der Waals surface area contributed by atoms with Crippen LogP contribution in [-0.2, 0) is 22.6 Å². The van der Waals surface area contributed by atoms with E-state index in [0.29, 0.717) is 19.1 Å². The van der Waals surface area contributed by atoms with E-state index in [2.05, 4.69) is 90.2 Å². The summed E-state index contributed by atoms with van der Waals surface area (Å²) >= 11 is 1.88. The van der Waals surface area contributed by atoms with Crippen LogP contribution < -0.4 is 4.74 Å². The Morgan fingerprint density at radius 2 is 1.84 bits per heavy atom. The zero-order valence-electron chi connectivity index (χ0n) is 23.0. The average Bonchev–Trinajstić information content (AvgIpc) is 3.31. The molecule has 2 aromatic carbocycles. The molecule has 1 unspecified atom stereocenters. The number of thiophene rings is 1. The summed E-state index contributed by atoms with van der Waals surface area (Å²) in [6.07, 6.45) is 1.66. The van der Waals surface area contributed by atoms with Crippen molar-refractivity contribution < 1.29 is 14.3 Å². The highest BCUT2D eigenvalue weighted by Gasteiger charge is 2.35. The monoisotopic (exact) mass is 535 g/mol. The van der Waals surface area contributed by atoms with E-state index >= 15 is 0 Å². The summed E-state index contributed by atoms with van der Waals surface area (Å²) in [6.45, 7) is 11.7. The van der Waals surface area contributed by atoms with Gasteiger partial charge in [-0.2, -0.15) is 0 Å². The van der Waals surface area contributed by atoms with Gasteiger partial charge in [-0.25, -0.2) is 0 Å². The highest BCUT2D eigenvalue weighted by molar-refractivity contribution is 7.19. The molecule has 0 radical (unpaired) electrons. The fourth-order valence-electron chi connectivity index (χ4n) is 5.62. The molecule has 0 N–H and O–H groups in total. The zero-order chi connectivity index (χ0) is 26.5. The summed E-state index contributed by atoms with van der Waals surface area (Å²) in [5.74, 6) is 1.33. The highest BCUT2D eigenvalue weighted by Crippen LogP contribution is 2.30. The van der Waals surface area contributed by atoms with Crippen molar-refractivity contribution >= 4 is 27.3 Å². The van der Waals surface area contributed by atoms with Gasteiger partial charge in [-0.3, -0.25) is 14.6 Å². The molecule has 2 aliphatic heterocycles. The Labute approximate surface area is 231 Å². The molecule has 1 aromatic heterocycles. The molecule has 6 nitrogen and oxygen atoms in total. The molecule has 1 atom stereocenters. The third-order valence-electron chi connectivity index (χ3n) is 7.68. The Morgan fingerprint density at radius 1 is 1.08 bits per heavy atom. The second kappa shape index (κ2) is 12.2. The third-order valence-corrected chi connectivity index (χ3v) is 8.79. The number of ether oxygens (including phenoxy) is 2. The van der Waals surface area contributed by atoms with Gasteiger partial charge < -0.3 is 14.4 Å². The molecule has 5 rings (SSSR count). The number of benzene rings is 2. The number of fused-ring (bicyclic) bond motifs is 1. The molecule has 2 aliphatic rings. The molecule has 2 fully saturated rings. The minimum atomic E-state index is -0.189. The van der Waals surface area contributed by atoms with Crippen molar-refractivity contribution in [1.29, 1.82) is 0 Å². The molecule has 0 spiro atoms. The third kappa shape index (κ3) is 7.14. The Kier molecular flexibility index (Phi) is 8.68. The average molecular weight is 536 g/mol. The smallest absolute Gasteiger partial charge is 0.225 e. The zero-order valence-corrected chi connectivity index (χ0v) is 23.8. The summed E-state index contributed by atoms with van der Waals surface area (Å²) in [5, 5.41) is 1.33. The van der Waals surface area contributed by atoms with Crippen molar-refractivity contribution in [2.75, 3.05) is 53.0 Å². The van der Waals surface area contributed by atoms with Gasteiger partial charge in [0.2, 0.25) is 5.91 Å². The van der Waals surface area contributed by atoms with Crippen LogP contribution in [0, 0.1) is 5.92 Å². The number of piperazine rings is 1. The normalized spacial score (nSPS) is 20.2. The van der Waals surface area contributed by atoms with Gasteiger partial charge in [0.25, 0.3) is 0 Å². The summed E-state index contributed by atoms with van der Waals surface area (Å²) in [7, 11) is 2.17. The lowest BCUT2D eigenvalue weighted by Crippen LogP contribution is -2.52. The van der Waals surface area contributed by atoms with Crippen LogP contribution in [0.25, 0.3) is 10.1 Å². The Hall–Kier alpha value is -2.45. The highest BCUT2D eigenvalue weighted by atomic mass is 32.1. The first-order valence-electron chi connectivity index (χ1n) is 13.9. The van der Waals surface area contributed by atoms with E-state index in [-0.39, 0.29) is 11.5 Å². The molecule has 3 aromatic rings. The van der Waals surface area contributed by atoms with Crippen LogP contribution in [0.4, 0.5) is 0 Å². The molecule has 38 heavy (non-hydrogen) atoms. The second-order valence-electron chi connectivity index (χ2n) is 11.4. The summed E-state index contributed by atoms with van der Waals surface area (Å²) < 4.78 is 13.2. The van der Waals surface area contributed by atoms with Crippen LogP contribution in [0.3, 0.4) is 0 Å². The van der Waals surface area contributed by atoms with Crippen molar-refractivity contribution in [3.63, 3.8) is 0 Å². The predicted molar refractivity (Wildman–Crippen MR) is 155 cm³/mol. The lowest BCUT2D eigenvalue weighted by Gasteiger charge is -2.40. The molecule has 1 amide bonds. The number of carbonyl (C=O) groups excluding carboxylic acids is 1. The van der Waals surface area contributed by atoms with Crippen LogP contribution in [0.15, 0.2) is 54.6 Å². The fourth-order valence-corrected chi connectivity index (χ4v) is 6.77. The number of nitrogens with zero attached hydrogens (tertiary/aromatic N) is 3. The first-order valence-corrected chi connectivity index (χ1v) is 14.7. The quantitative estimate of drug-likeness (QED) is 0.374.